The summed E-state index contributed by atoms with van der Waals surface area (Å²) in [5.41, 5.74) is 8.68. The molecule has 100 valence electrons. The molecule has 2 N–H and O–H groups in total. The number of ether oxygens (including phenoxy) is 1. The summed E-state index contributed by atoms with van der Waals surface area (Å²) in [6, 6.07) is 8.83. The van der Waals surface area contributed by atoms with Gasteiger partial charge < -0.3 is 10.5 Å². The Hall–Kier alpha value is -0.900. The van der Waals surface area contributed by atoms with Gasteiger partial charge in [0.15, 0.2) is 0 Å². The van der Waals surface area contributed by atoms with Gasteiger partial charge in [0.2, 0.25) is 0 Å². The smallest absolute Gasteiger partial charge is 0.0678 e. The van der Waals surface area contributed by atoms with Crippen molar-refractivity contribution in [1.29, 1.82) is 0 Å². The van der Waals surface area contributed by atoms with Crippen LogP contribution < -0.4 is 5.73 Å². The first-order valence-corrected chi connectivity index (χ1v) is 6.77. The third kappa shape index (κ3) is 2.91. The Morgan fingerprint density at radius 2 is 1.89 bits per heavy atom. The number of nitrogens with two attached hydrogens (primary N) is 1. The SMILES string of the molecule is Cc1ccccc1C(CN)N1C[C@@H](C)O[C@@H](C)C1. The number of hydrogen-bond acceptors (Lipinski definition) is 3. The molecule has 2 rings (SSSR count). The van der Waals surface area contributed by atoms with Crippen molar-refractivity contribution in [3.05, 3.63) is 35.4 Å². The Morgan fingerprint density at radius 1 is 1.28 bits per heavy atom. The lowest BCUT2D eigenvalue weighted by Gasteiger charge is -2.40. The highest BCUT2D eigenvalue weighted by atomic mass is 16.5. The highest BCUT2D eigenvalue weighted by Crippen LogP contribution is 2.26. The first kappa shape index (κ1) is 13.5. The van der Waals surface area contributed by atoms with Crippen LogP contribution in [0.5, 0.6) is 0 Å². The van der Waals surface area contributed by atoms with E-state index in [0.717, 1.165) is 13.1 Å². The third-order valence-electron chi connectivity index (χ3n) is 3.66. The van der Waals surface area contributed by atoms with E-state index >= 15 is 0 Å². The van der Waals surface area contributed by atoms with Gasteiger partial charge in [-0.25, -0.2) is 0 Å². The molecule has 1 saturated heterocycles. The van der Waals surface area contributed by atoms with Crippen LogP contribution in [0.4, 0.5) is 0 Å². The van der Waals surface area contributed by atoms with Crippen LogP contribution in [0.1, 0.15) is 31.0 Å². The standard InChI is InChI=1S/C15H24N2O/c1-11-6-4-5-7-14(11)15(8-16)17-9-12(2)18-13(3)10-17/h4-7,12-13,15H,8-10,16H2,1-3H3/t12-,13+,15?. The monoisotopic (exact) mass is 248 g/mol. The molecule has 0 bridgehead atoms. The van der Waals surface area contributed by atoms with E-state index < -0.39 is 0 Å². The van der Waals surface area contributed by atoms with Crippen molar-refractivity contribution in [3.63, 3.8) is 0 Å². The molecule has 1 aliphatic heterocycles. The van der Waals surface area contributed by atoms with Crippen LogP contribution in [0.15, 0.2) is 24.3 Å². The van der Waals surface area contributed by atoms with Crippen LogP contribution in [0, 0.1) is 6.92 Å². The van der Waals surface area contributed by atoms with E-state index in [0.29, 0.717) is 12.6 Å². The summed E-state index contributed by atoms with van der Waals surface area (Å²) >= 11 is 0. The van der Waals surface area contributed by atoms with Crippen LogP contribution in [-0.4, -0.2) is 36.7 Å². The first-order valence-electron chi connectivity index (χ1n) is 6.77. The van der Waals surface area contributed by atoms with Gasteiger partial charge in [-0.1, -0.05) is 24.3 Å². The van der Waals surface area contributed by atoms with E-state index in [1.807, 2.05) is 0 Å². The van der Waals surface area contributed by atoms with Crippen LogP contribution in [0.2, 0.25) is 0 Å². The zero-order chi connectivity index (χ0) is 13.1. The van der Waals surface area contributed by atoms with Gasteiger partial charge in [0.05, 0.1) is 12.2 Å². The zero-order valence-corrected chi connectivity index (χ0v) is 11.6. The van der Waals surface area contributed by atoms with Crippen molar-refractivity contribution < 1.29 is 4.74 Å². The maximum absolute atomic E-state index is 6.01. The Kier molecular flexibility index (Phi) is 4.38. The van der Waals surface area contributed by atoms with Crippen molar-refractivity contribution in [2.75, 3.05) is 19.6 Å². The predicted octanol–water partition coefficient (Wildman–Crippen LogP) is 2.10. The fourth-order valence-electron chi connectivity index (χ4n) is 2.91. The van der Waals surface area contributed by atoms with Crippen molar-refractivity contribution in [1.82, 2.24) is 4.90 Å². The second-order valence-electron chi connectivity index (χ2n) is 5.32. The molecule has 1 aliphatic rings. The summed E-state index contributed by atoms with van der Waals surface area (Å²) in [4.78, 5) is 2.46. The van der Waals surface area contributed by atoms with Crippen LogP contribution in [0.3, 0.4) is 0 Å². The number of morpholine rings is 1. The first-order chi connectivity index (χ1) is 8.61. The Balaban J connectivity index is 2.20. The van der Waals surface area contributed by atoms with Gasteiger partial charge in [-0.3, -0.25) is 4.90 Å². The van der Waals surface area contributed by atoms with Gasteiger partial charge in [-0.15, -0.1) is 0 Å². The highest BCUT2D eigenvalue weighted by molar-refractivity contribution is 5.29. The number of benzene rings is 1. The van der Waals surface area contributed by atoms with Crippen LogP contribution in [0.25, 0.3) is 0 Å². The number of rotatable bonds is 3. The fourth-order valence-corrected chi connectivity index (χ4v) is 2.91. The van der Waals surface area contributed by atoms with Crippen molar-refractivity contribution >= 4 is 0 Å². The third-order valence-corrected chi connectivity index (χ3v) is 3.66. The lowest BCUT2D eigenvalue weighted by molar-refractivity contribution is -0.0799. The molecular formula is C15H24N2O. The van der Waals surface area contributed by atoms with Gasteiger partial charge >= 0.3 is 0 Å². The van der Waals surface area contributed by atoms with Gasteiger partial charge in [-0.05, 0) is 31.9 Å². The molecule has 3 atom stereocenters. The second-order valence-corrected chi connectivity index (χ2v) is 5.32. The lowest BCUT2D eigenvalue weighted by atomic mass is 9.99. The van der Waals surface area contributed by atoms with E-state index in [9.17, 15) is 0 Å². The molecule has 3 heteroatoms. The molecular weight excluding hydrogens is 224 g/mol. The highest BCUT2D eigenvalue weighted by Gasteiger charge is 2.28. The lowest BCUT2D eigenvalue weighted by Crippen LogP contribution is -2.48. The molecule has 0 spiro atoms. The molecule has 1 aromatic carbocycles. The Labute approximate surface area is 110 Å². The fraction of sp³-hybridized carbons (Fsp3) is 0.600. The predicted molar refractivity (Wildman–Crippen MR) is 74.6 cm³/mol. The summed E-state index contributed by atoms with van der Waals surface area (Å²) in [5, 5.41) is 0. The molecule has 1 unspecified atom stereocenters. The second kappa shape index (κ2) is 5.83. The van der Waals surface area contributed by atoms with Crippen LogP contribution >= 0.6 is 0 Å². The van der Waals surface area contributed by atoms with Crippen LogP contribution in [-0.2, 0) is 4.74 Å². The molecule has 0 aliphatic carbocycles. The minimum absolute atomic E-state index is 0.284. The van der Waals surface area contributed by atoms with E-state index in [2.05, 4.69) is 49.9 Å². The summed E-state index contributed by atoms with van der Waals surface area (Å²) in [5.74, 6) is 0. The van der Waals surface area contributed by atoms with E-state index in [1.165, 1.54) is 11.1 Å². The molecule has 0 aromatic heterocycles. The number of hydrogen-bond donors (Lipinski definition) is 1. The summed E-state index contributed by atoms with van der Waals surface area (Å²) < 4.78 is 5.79. The Bertz CT molecular complexity index is 384. The van der Waals surface area contributed by atoms with Gasteiger partial charge in [0.1, 0.15) is 0 Å². The molecule has 0 saturated carbocycles. The van der Waals surface area contributed by atoms with E-state index in [1.54, 1.807) is 0 Å². The van der Waals surface area contributed by atoms with Crippen molar-refractivity contribution in [2.45, 2.75) is 39.0 Å². The molecule has 1 fully saturated rings. The van der Waals surface area contributed by atoms with Gasteiger partial charge in [0.25, 0.3) is 0 Å². The van der Waals surface area contributed by atoms with E-state index in [4.69, 9.17) is 10.5 Å². The van der Waals surface area contributed by atoms with E-state index in [-0.39, 0.29) is 12.2 Å². The maximum atomic E-state index is 6.01. The normalized spacial score (nSPS) is 27.1. The molecule has 0 amide bonds. The molecule has 1 heterocycles. The summed E-state index contributed by atoms with van der Waals surface area (Å²) in [7, 11) is 0. The molecule has 18 heavy (non-hydrogen) atoms. The molecule has 3 nitrogen and oxygen atoms in total. The minimum atomic E-state index is 0.284. The topological polar surface area (TPSA) is 38.5 Å². The number of aryl methyl sites for hydroxylation is 1. The van der Waals surface area contributed by atoms with Crippen molar-refractivity contribution in [3.8, 4) is 0 Å². The zero-order valence-electron chi connectivity index (χ0n) is 11.6. The molecule has 0 radical (unpaired) electrons. The number of nitrogens with zero attached hydrogens (tertiary/aromatic N) is 1. The average Bonchev–Trinajstić information content (AvgIpc) is 2.31. The van der Waals surface area contributed by atoms with Gasteiger partial charge in [0, 0.05) is 25.7 Å². The average molecular weight is 248 g/mol. The largest absolute Gasteiger partial charge is 0.373 e. The summed E-state index contributed by atoms with van der Waals surface area (Å²) in [6.45, 7) is 9.00. The quantitative estimate of drug-likeness (QED) is 0.890. The van der Waals surface area contributed by atoms with Gasteiger partial charge in [-0.2, -0.15) is 0 Å². The maximum Gasteiger partial charge on any atom is 0.0678 e. The van der Waals surface area contributed by atoms with Crippen molar-refractivity contribution in [2.24, 2.45) is 5.73 Å². The molecule has 1 aromatic rings. The minimum Gasteiger partial charge on any atom is -0.373 e. The summed E-state index contributed by atoms with van der Waals surface area (Å²) in [6.07, 6.45) is 0.568. The Morgan fingerprint density at radius 3 is 2.44 bits per heavy atom.